The minimum absolute atomic E-state index is 0.345. The van der Waals surface area contributed by atoms with Gasteiger partial charge in [-0.2, -0.15) is 0 Å². The van der Waals surface area contributed by atoms with Gasteiger partial charge in [0.25, 0.3) is 0 Å². The van der Waals surface area contributed by atoms with Gasteiger partial charge in [-0.1, -0.05) is 35.5 Å². The number of carbonyl (C=O) groups is 1. The molecule has 7 nitrogen and oxygen atoms in total. The van der Waals surface area contributed by atoms with E-state index in [0.717, 1.165) is 41.2 Å². The highest BCUT2D eigenvalue weighted by molar-refractivity contribution is 6.00. The molecular formula is C27H30N2O5. The molecule has 1 atom stereocenters. The molecule has 1 heterocycles. The maximum absolute atomic E-state index is 11.7. The molecule has 178 valence electrons. The number of carboxylic acids is 1. The van der Waals surface area contributed by atoms with Crippen LogP contribution in [0.25, 0.3) is 11.5 Å². The smallest absolute Gasteiger partial charge is 0.312 e. The number of benzene rings is 2. The second-order valence-corrected chi connectivity index (χ2v) is 8.70. The first-order valence-corrected chi connectivity index (χ1v) is 11.6. The van der Waals surface area contributed by atoms with E-state index in [9.17, 15) is 9.90 Å². The molecule has 1 N–H and O–H groups in total. The Labute approximate surface area is 199 Å². The Balaban J connectivity index is 1.28. The molecule has 0 saturated heterocycles. The fourth-order valence-electron chi connectivity index (χ4n) is 3.59. The van der Waals surface area contributed by atoms with E-state index in [1.807, 2.05) is 61.5 Å². The summed E-state index contributed by atoms with van der Waals surface area (Å²) >= 11 is 0. The van der Waals surface area contributed by atoms with Gasteiger partial charge in [0.15, 0.2) is 0 Å². The molecule has 1 unspecified atom stereocenters. The van der Waals surface area contributed by atoms with Crippen LogP contribution in [0.5, 0.6) is 5.75 Å². The summed E-state index contributed by atoms with van der Waals surface area (Å²) in [4.78, 5) is 21.7. The highest BCUT2D eigenvalue weighted by Gasteiger charge is 2.24. The van der Waals surface area contributed by atoms with E-state index in [1.54, 1.807) is 6.92 Å². The van der Waals surface area contributed by atoms with Gasteiger partial charge in [-0.3, -0.25) is 4.79 Å². The van der Waals surface area contributed by atoms with Crippen LogP contribution >= 0.6 is 0 Å². The van der Waals surface area contributed by atoms with E-state index in [2.05, 4.69) is 10.1 Å². The van der Waals surface area contributed by atoms with Gasteiger partial charge in [0, 0.05) is 12.0 Å². The van der Waals surface area contributed by atoms with Crippen LogP contribution in [-0.2, 0) is 22.5 Å². The molecule has 0 amide bonds. The van der Waals surface area contributed by atoms with Gasteiger partial charge in [-0.05, 0) is 68.9 Å². The number of hydrogen-bond acceptors (Lipinski definition) is 6. The first-order valence-electron chi connectivity index (χ1n) is 11.6. The minimum atomic E-state index is -0.908. The standard InChI is InChI=1S/C27H30N2O5/c1-18(29-33-17-21-8-9-21)24(27(30)31)16-20-10-12-23(13-11-20)32-15-14-25-19(2)34-26(28-25)22-6-4-3-5-7-22/h3-7,10-13,21,24H,8-9,14-17H2,1-2H3,(H,30,31). The van der Waals surface area contributed by atoms with Crippen LogP contribution in [0.2, 0.25) is 0 Å². The average molecular weight is 463 g/mol. The Bertz CT molecular complexity index is 1120. The Hall–Kier alpha value is -3.61. The van der Waals surface area contributed by atoms with Crippen molar-refractivity contribution in [2.75, 3.05) is 13.2 Å². The molecule has 34 heavy (non-hydrogen) atoms. The zero-order valence-corrected chi connectivity index (χ0v) is 19.6. The van der Waals surface area contributed by atoms with Crippen LogP contribution in [0, 0.1) is 18.8 Å². The summed E-state index contributed by atoms with van der Waals surface area (Å²) in [6.07, 6.45) is 3.30. The van der Waals surface area contributed by atoms with Gasteiger partial charge < -0.3 is 19.1 Å². The molecule has 2 aromatic carbocycles. The van der Waals surface area contributed by atoms with Crippen molar-refractivity contribution in [1.29, 1.82) is 0 Å². The Morgan fingerprint density at radius 1 is 1.18 bits per heavy atom. The zero-order chi connectivity index (χ0) is 23.9. The number of oxime groups is 1. The predicted molar refractivity (Wildman–Crippen MR) is 129 cm³/mol. The summed E-state index contributed by atoms with van der Waals surface area (Å²) < 4.78 is 11.7. The molecule has 0 radical (unpaired) electrons. The first-order chi connectivity index (χ1) is 16.5. The molecule has 0 aliphatic heterocycles. The van der Waals surface area contributed by atoms with E-state index in [4.69, 9.17) is 14.0 Å². The fraction of sp³-hybridized carbons (Fsp3) is 0.370. The van der Waals surface area contributed by atoms with Crippen molar-refractivity contribution in [3.05, 3.63) is 71.6 Å². The second-order valence-electron chi connectivity index (χ2n) is 8.70. The average Bonchev–Trinajstić information content (AvgIpc) is 3.59. The molecule has 4 rings (SSSR count). The summed E-state index contributed by atoms with van der Waals surface area (Å²) in [5, 5.41) is 13.7. The number of aryl methyl sites for hydroxylation is 1. The van der Waals surface area contributed by atoms with E-state index in [1.165, 1.54) is 0 Å². The minimum Gasteiger partial charge on any atom is -0.493 e. The van der Waals surface area contributed by atoms with Gasteiger partial charge in [-0.25, -0.2) is 4.98 Å². The number of carboxylic acid groups (broad SMARTS) is 1. The SMILES string of the molecule is CC(=NOCC1CC1)C(Cc1ccc(OCCc2nc(-c3ccccc3)oc2C)cc1)C(=O)O. The molecule has 3 aromatic rings. The maximum Gasteiger partial charge on any atom is 0.312 e. The van der Waals surface area contributed by atoms with Crippen molar-refractivity contribution >= 4 is 11.7 Å². The van der Waals surface area contributed by atoms with Crippen LogP contribution in [-0.4, -0.2) is 35.0 Å². The normalized spacial score (nSPS) is 14.6. The monoisotopic (exact) mass is 462 g/mol. The number of hydrogen-bond donors (Lipinski definition) is 1. The van der Waals surface area contributed by atoms with Crippen molar-refractivity contribution in [3.8, 4) is 17.2 Å². The van der Waals surface area contributed by atoms with Crippen molar-refractivity contribution in [3.63, 3.8) is 0 Å². The van der Waals surface area contributed by atoms with Gasteiger partial charge in [-0.15, -0.1) is 0 Å². The third kappa shape index (κ3) is 6.47. The van der Waals surface area contributed by atoms with E-state index in [-0.39, 0.29) is 0 Å². The molecule has 1 aliphatic rings. The lowest BCUT2D eigenvalue weighted by molar-refractivity contribution is -0.139. The Morgan fingerprint density at radius 2 is 1.91 bits per heavy atom. The molecule has 7 heteroatoms. The molecule has 1 aromatic heterocycles. The summed E-state index contributed by atoms with van der Waals surface area (Å²) in [5.41, 5.74) is 3.20. The van der Waals surface area contributed by atoms with Crippen molar-refractivity contribution < 1.29 is 23.9 Å². The first kappa shape index (κ1) is 23.5. The van der Waals surface area contributed by atoms with Crippen LogP contribution in [0.15, 0.2) is 64.2 Å². The van der Waals surface area contributed by atoms with Gasteiger partial charge in [0.2, 0.25) is 5.89 Å². The van der Waals surface area contributed by atoms with Gasteiger partial charge in [0.05, 0.1) is 18.0 Å². The highest BCUT2D eigenvalue weighted by Crippen LogP contribution is 2.29. The van der Waals surface area contributed by atoms with Crippen LogP contribution in [0.3, 0.4) is 0 Å². The number of ether oxygens (including phenoxy) is 1. The molecule has 0 bridgehead atoms. The predicted octanol–water partition coefficient (Wildman–Crippen LogP) is 5.32. The van der Waals surface area contributed by atoms with Crippen LogP contribution in [0.1, 0.15) is 36.8 Å². The van der Waals surface area contributed by atoms with Gasteiger partial charge >= 0.3 is 5.97 Å². The molecule has 1 saturated carbocycles. The number of aromatic nitrogens is 1. The topological polar surface area (TPSA) is 94.2 Å². The quantitative estimate of drug-likeness (QED) is 0.289. The lowest BCUT2D eigenvalue weighted by atomic mass is 9.95. The van der Waals surface area contributed by atoms with Crippen molar-refractivity contribution in [2.24, 2.45) is 17.0 Å². The number of oxazole rings is 1. The van der Waals surface area contributed by atoms with E-state index in [0.29, 0.717) is 43.6 Å². The zero-order valence-electron chi connectivity index (χ0n) is 19.6. The number of aliphatic carboxylic acids is 1. The summed E-state index contributed by atoms with van der Waals surface area (Å²) in [6, 6.07) is 17.3. The molecular weight excluding hydrogens is 432 g/mol. The van der Waals surface area contributed by atoms with E-state index >= 15 is 0 Å². The highest BCUT2D eigenvalue weighted by atomic mass is 16.6. The van der Waals surface area contributed by atoms with E-state index < -0.39 is 11.9 Å². The maximum atomic E-state index is 11.7. The number of rotatable bonds is 12. The summed E-state index contributed by atoms with van der Waals surface area (Å²) in [7, 11) is 0. The second kappa shape index (κ2) is 11.0. The largest absolute Gasteiger partial charge is 0.493 e. The Morgan fingerprint density at radius 3 is 2.59 bits per heavy atom. The van der Waals surface area contributed by atoms with Crippen LogP contribution in [0.4, 0.5) is 0 Å². The lowest BCUT2D eigenvalue weighted by Gasteiger charge is -2.13. The molecule has 1 aliphatic carbocycles. The Kier molecular flexibility index (Phi) is 7.62. The third-order valence-electron chi connectivity index (χ3n) is 5.90. The number of nitrogens with zero attached hydrogens (tertiary/aromatic N) is 2. The summed E-state index contributed by atoms with van der Waals surface area (Å²) in [5.74, 6) is 1.07. The lowest BCUT2D eigenvalue weighted by Crippen LogP contribution is -2.24. The molecule has 1 fully saturated rings. The molecule has 0 spiro atoms. The van der Waals surface area contributed by atoms with Crippen LogP contribution < -0.4 is 4.74 Å². The van der Waals surface area contributed by atoms with Crippen molar-refractivity contribution in [1.82, 2.24) is 4.98 Å². The third-order valence-corrected chi connectivity index (χ3v) is 5.90. The fourth-order valence-corrected chi connectivity index (χ4v) is 3.59. The van der Waals surface area contributed by atoms with Gasteiger partial charge in [0.1, 0.15) is 24.0 Å². The van der Waals surface area contributed by atoms with Crippen molar-refractivity contribution in [2.45, 2.75) is 39.5 Å². The summed E-state index contributed by atoms with van der Waals surface area (Å²) in [6.45, 7) is 4.64.